The topological polar surface area (TPSA) is 61.4 Å². The SMILES string of the molecule is COc1cccc([C@@H]2Nc3c(ccc(C(=O)[O-])c3C)[C@H]3C=CC[C@H]32)c1. The lowest BCUT2D eigenvalue weighted by atomic mass is 9.76. The molecular formula is C21H20NO3-. The van der Waals surface area contributed by atoms with Gasteiger partial charge in [0.1, 0.15) is 5.75 Å². The predicted octanol–water partition coefficient (Wildman–Crippen LogP) is 3.19. The van der Waals surface area contributed by atoms with E-state index in [1.54, 1.807) is 13.2 Å². The van der Waals surface area contributed by atoms with E-state index in [-0.39, 0.29) is 11.6 Å². The van der Waals surface area contributed by atoms with Crippen LogP contribution in [0, 0.1) is 12.8 Å². The van der Waals surface area contributed by atoms with E-state index < -0.39 is 5.97 Å². The van der Waals surface area contributed by atoms with Gasteiger partial charge in [-0.2, -0.15) is 0 Å². The zero-order valence-electron chi connectivity index (χ0n) is 14.3. The summed E-state index contributed by atoms with van der Waals surface area (Å²) < 4.78 is 5.37. The van der Waals surface area contributed by atoms with Crippen LogP contribution in [0.4, 0.5) is 5.69 Å². The summed E-state index contributed by atoms with van der Waals surface area (Å²) in [5, 5.41) is 15.0. The second kappa shape index (κ2) is 5.96. The van der Waals surface area contributed by atoms with Crippen molar-refractivity contribution >= 4 is 11.7 Å². The third-order valence-corrected chi connectivity index (χ3v) is 5.47. The molecule has 0 radical (unpaired) electrons. The van der Waals surface area contributed by atoms with Crippen molar-refractivity contribution in [1.29, 1.82) is 0 Å². The number of benzene rings is 2. The van der Waals surface area contributed by atoms with Crippen LogP contribution in [-0.4, -0.2) is 13.1 Å². The molecule has 4 heteroatoms. The summed E-state index contributed by atoms with van der Waals surface area (Å²) >= 11 is 0. The van der Waals surface area contributed by atoms with Crippen LogP contribution in [-0.2, 0) is 0 Å². The summed E-state index contributed by atoms with van der Waals surface area (Å²) in [6.45, 7) is 1.85. The van der Waals surface area contributed by atoms with Gasteiger partial charge in [0.05, 0.1) is 19.1 Å². The van der Waals surface area contributed by atoms with E-state index in [1.165, 1.54) is 5.56 Å². The van der Waals surface area contributed by atoms with Gasteiger partial charge < -0.3 is 20.0 Å². The predicted molar refractivity (Wildman–Crippen MR) is 94.9 cm³/mol. The van der Waals surface area contributed by atoms with Gasteiger partial charge in [-0.25, -0.2) is 0 Å². The maximum atomic E-state index is 11.4. The van der Waals surface area contributed by atoms with Gasteiger partial charge in [0.2, 0.25) is 0 Å². The molecule has 0 unspecified atom stereocenters. The Morgan fingerprint density at radius 1 is 1.28 bits per heavy atom. The normalized spacial score (nSPS) is 23.5. The van der Waals surface area contributed by atoms with Gasteiger partial charge in [-0.15, -0.1) is 0 Å². The molecule has 1 N–H and O–H groups in total. The van der Waals surface area contributed by atoms with Crippen molar-refractivity contribution in [2.24, 2.45) is 5.92 Å². The molecular weight excluding hydrogens is 314 g/mol. The number of fused-ring (bicyclic) bond motifs is 3. The molecule has 0 amide bonds. The summed E-state index contributed by atoms with van der Waals surface area (Å²) in [5.41, 5.74) is 4.23. The lowest BCUT2D eigenvalue weighted by molar-refractivity contribution is -0.255. The Bertz CT molecular complexity index is 871. The second-order valence-electron chi connectivity index (χ2n) is 6.74. The van der Waals surface area contributed by atoms with Crippen LogP contribution >= 0.6 is 0 Å². The molecule has 3 atom stereocenters. The van der Waals surface area contributed by atoms with Crippen LogP contribution in [0.5, 0.6) is 5.75 Å². The monoisotopic (exact) mass is 334 g/mol. The minimum absolute atomic E-state index is 0.110. The van der Waals surface area contributed by atoms with Crippen molar-refractivity contribution in [3.8, 4) is 5.75 Å². The zero-order valence-corrected chi connectivity index (χ0v) is 14.3. The van der Waals surface area contributed by atoms with E-state index in [4.69, 9.17) is 4.74 Å². The Labute approximate surface area is 147 Å². The lowest BCUT2D eigenvalue weighted by Crippen LogP contribution is -2.31. The van der Waals surface area contributed by atoms with E-state index in [0.29, 0.717) is 11.8 Å². The second-order valence-corrected chi connectivity index (χ2v) is 6.74. The summed E-state index contributed by atoms with van der Waals surface area (Å²) in [7, 11) is 1.67. The third-order valence-electron chi connectivity index (χ3n) is 5.47. The Morgan fingerprint density at radius 3 is 2.88 bits per heavy atom. The maximum Gasteiger partial charge on any atom is 0.119 e. The van der Waals surface area contributed by atoms with Gasteiger partial charge in [-0.1, -0.05) is 36.4 Å². The average Bonchev–Trinajstić information content (AvgIpc) is 3.11. The first kappa shape index (κ1) is 15.8. The molecule has 0 aromatic heterocycles. The highest BCUT2D eigenvalue weighted by molar-refractivity contribution is 5.90. The Morgan fingerprint density at radius 2 is 2.12 bits per heavy atom. The molecule has 2 aromatic rings. The summed E-state index contributed by atoms with van der Waals surface area (Å²) in [4.78, 5) is 11.4. The molecule has 1 aliphatic carbocycles. The number of rotatable bonds is 3. The van der Waals surface area contributed by atoms with Crippen molar-refractivity contribution in [2.75, 3.05) is 12.4 Å². The number of hydrogen-bond acceptors (Lipinski definition) is 4. The van der Waals surface area contributed by atoms with Gasteiger partial charge in [0, 0.05) is 17.2 Å². The van der Waals surface area contributed by atoms with Gasteiger partial charge >= 0.3 is 0 Å². The van der Waals surface area contributed by atoms with Gasteiger partial charge in [-0.05, 0) is 48.1 Å². The van der Waals surface area contributed by atoms with Crippen molar-refractivity contribution in [1.82, 2.24) is 0 Å². The quantitative estimate of drug-likeness (QED) is 0.876. The molecule has 0 bridgehead atoms. The van der Waals surface area contributed by atoms with E-state index >= 15 is 0 Å². The Kier molecular flexibility index (Phi) is 3.75. The Hall–Kier alpha value is -2.75. The molecule has 1 aliphatic heterocycles. The van der Waals surface area contributed by atoms with Crippen LogP contribution in [0.15, 0.2) is 48.6 Å². The first-order valence-corrected chi connectivity index (χ1v) is 8.52. The molecule has 0 saturated carbocycles. The number of hydrogen-bond donors (Lipinski definition) is 1. The fourth-order valence-electron chi connectivity index (χ4n) is 4.20. The standard InChI is InChI=1S/C21H21NO3/c1-12-15(21(23)24)9-10-18-16-7-4-8-17(16)20(22-19(12)18)13-5-3-6-14(11-13)25-2/h3-7,9-11,16-17,20,22H,8H2,1-2H3,(H,23,24)/p-1/t16-,17+,20-/m0/s1. The smallest absolute Gasteiger partial charge is 0.119 e. The van der Waals surface area contributed by atoms with E-state index in [2.05, 4.69) is 29.6 Å². The molecule has 25 heavy (non-hydrogen) atoms. The van der Waals surface area contributed by atoms with Crippen LogP contribution in [0.3, 0.4) is 0 Å². The van der Waals surface area contributed by atoms with Crippen LogP contribution in [0.25, 0.3) is 0 Å². The number of carbonyl (C=O) groups is 1. The molecule has 1 heterocycles. The highest BCUT2D eigenvalue weighted by atomic mass is 16.5. The molecule has 0 spiro atoms. The molecule has 4 rings (SSSR count). The van der Waals surface area contributed by atoms with Crippen molar-refractivity contribution in [2.45, 2.75) is 25.3 Å². The summed E-state index contributed by atoms with van der Waals surface area (Å²) in [6.07, 6.45) is 5.47. The number of methoxy groups -OCH3 is 1. The fourth-order valence-corrected chi connectivity index (χ4v) is 4.20. The van der Waals surface area contributed by atoms with Crippen LogP contribution < -0.4 is 15.2 Å². The van der Waals surface area contributed by atoms with Crippen molar-refractivity contribution in [3.05, 3.63) is 70.8 Å². The highest BCUT2D eigenvalue weighted by Crippen LogP contribution is 2.51. The van der Waals surface area contributed by atoms with Gasteiger partial charge in [-0.3, -0.25) is 0 Å². The number of ether oxygens (including phenoxy) is 1. The van der Waals surface area contributed by atoms with Crippen LogP contribution in [0.1, 0.15) is 45.4 Å². The summed E-state index contributed by atoms with van der Waals surface area (Å²) in [5.74, 6) is 0.395. The molecule has 0 saturated heterocycles. The molecule has 4 nitrogen and oxygen atoms in total. The zero-order chi connectivity index (χ0) is 17.6. The van der Waals surface area contributed by atoms with E-state index in [9.17, 15) is 9.90 Å². The number of carboxylic acid groups (broad SMARTS) is 1. The van der Waals surface area contributed by atoms with Gasteiger partial charge in [0.15, 0.2) is 0 Å². The summed E-state index contributed by atoms with van der Waals surface area (Å²) in [6, 6.07) is 11.8. The molecule has 128 valence electrons. The van der Waals surface area contributed by atoms with E-state index in [0.717, 1.165) is 29.0 Å². The molecule has 2 aromatic carbocycles. The maximum absolute atomic E-state index is 11.4. The number of aromatic carboxylic acids is 1. The first-order valence-electron chi connectivity index (χ1n) is 8.52. The minimum atomic E-state index is -1.14. The molecule has 2 aliphatic rings. The largest absolute Gasteiger partial charge is 0.545 e. The van der Waals surface area contributed by atoms with Crippen molar-refractivity contribution < 1.29 is 14.6 Å². The van der Waals surface area contributed by atoms with Crippen LogP contribution in [0.2, 0.25) is 0 Å². The van der Waals surface area contributed by atoms with Crippen molar-refractivity contribution in [3.63, 3.8) is 0 Å². The number of allylic oxidation sites excluding steroid dienone is 2. The van der Waals surface area contributed by atoms with Gasteiger partial charge in [0.25, 0.3) is 0 Å². The lowest BCUT2D eigenvalue weighted by Gasteiger charge is -2.39. The highest BCUT2D eigenvalue weighted by Gasteiger charge is 2.38. The number of carboxylic acids is 1. The van der Waals surface area contributed by atoms with E-state index in [1.807, 2.05) is 25.1 Å². The average molecular weight is 334 g/mol. The number of carbonyl (C=O) groups excluding carboxylic acids is 1. The third kappa shape index (κ3) is 2.49. The Balaban J connectivity index is 1.83. The number of anilines is 1. The molecule has 0 fully saturated rings. The number of nitrogens with one attached hydrogen (secondary N) is 1. The minimum Gasteiger partial charge on any atom is -0.545 e. The fraction of sp³-hybridized carbons (Fsp3) is 0.286. The first-order chi connectivity index (χ1) is 12.1.